The Morgan fingerprint density at radius 1 is 1.42 bits per heavy atom. The largest absolute Gasteiger partial charge is 0.384 e. The van der Waals surface area contributed by atoms with Gasteiger partial charge < -0.3 is 14.7 Å². The van der Waals surface area contributed by atoms with Gasteiger partial charge in [-0.05, 0) is 18.2 Å². The number of rotatable bonds is 1. The van der Waals surface area contributed by atoms with Crippen molar-refractivity contribution in [2.45, 2.75) is 0 Å². The molecule has 5 heteroatoms. The third kappa shape index (κ3) is 3.31. The van der Waals surface area contributed by atoms with Crippen LogP contribution in [0, 0.1) is 17.7 Å². The van der Waals surface area contributed by atoms with Crippen LogP contribution in [0.25, 0.3) is 0 Å². The maximum atomic E-state index is 13.7. The van der Waals surface area contributed by atoms with Crippen LogP contribution in [-0.2, 0) is 4.74 Å². The van der Waals surface area contributed by atoms with Gasteiger partial charge in [-0.25, -0.2) is 4.39 Å². The Labute approximate surface area is 110 Å². The zero-order valence-corrected chi connectivity index (χ0v) is 10.4. The zero-order valence-electron chi connectivity index (χ0n) is 10.4. The Morgan fingerprint density at radius 2 is 2.16 bits per heavy atom. The van der Waals surface area contributed by atoms with Crippen LogP contribution in [0.4, 0.5) is 4.39 Å². The molecule has 1 aliphatic rings. The molecule has 1 aliphatic heterocycles. The summed E-state index contributed by atoms with van der Waals surface area (Å²) in [7, 11) is 0. The Balaban J connectivity index is 2.16. The molecule has 1 aromatic carbocycles. The lowest BCUT2D eigenvalue weighted by molar-refractivity contribution is 0.0302. The predicted octanol–water partition coefficient (Wildman–Crippen LogP) is 0.642. The number of benzene rings is 1. The lowest BCUT2D eigenvalue weighted by Gasteiger charge is -2.26. The van der Waals surface area contributed by atoms with E-state index in [1.807, 2.05) is 0 Å². The number of hydrogen-bond donors (Lipinski definition) is 1. The molecular formula is C14H14FNO3. The van der Waals surface area contributed by atoms with Gasteiger partial charge in [-0.15, -0.1) is 0 Å². The first-order valence-electron chi connectivity index (χ1n) is 5.98. The minimum absolute atomic E-state index is 0.174. The van der Waals surface area contributed by atoms with Gasteiger partial charge in [0.1, 0.15) is 12.4 Å². The lowest BCUT2D eigenvalue weighted by Crippen LogP contribution is -2.40. The summed E-state index contributed by atoms with van der Waals surface area (Å²) in [5.41, 5.74) is 0.474. The van der Waals surface area contributed by atoms with Crippen molar-refractivity contribution in [2.75, 3.05) is 32.9 Å². The minimum atomic E-state index is -0.556. The van der Waals surface area contributed by atoms with Crippen molar-refractivity contribution in [3.05, 3.63) is 35.1 Å². The number of morpholine rings is 1. The van der Waals surface area contributed by atoms with Crippen molar-refractivity contribution in [2.24, 2.45) is 0 Å². The van der Waals surface area contributed by atoms with Crippen LogP contribution >= 0.6 is 0 Å². The lowest BCUT2D eigenvalue weighted by atomic mass is 10.1. The molecule has 1 heterocycles. The van der Waals surface area contributed by atoms with Crippen molar-refractivity contribution in [1.82, 2.24) is 4.90 Å². The number of ether oxygens (including phenoxy) is 1. The van der Waals surface area contributed by atoms with Crippen LogP contribution in [0.1, 0.15) is 15.9 Å². The highest BCUT2D eigenvalue weighted by Gasteiger charge is 2.19. The summed E-state index contributed by atoms with van der Waals surface area (Å²) in [4.78, 5) is 13.7. The van der Waals surface area contributed by atoms with Gasteiger partial charge in [0.25, 0.3) is 5.91 Å². The highest BCUT2D eigenvalue weighted by Crippen LogP contribution is 2.12. The average molecular weight is 263 g/mol. The molecule has 1 amide bonds. The van der Waals surface area contributed by atoms with Gasteiger partial charge in [-0.1, -0.05) is 11.8 Å². The summed E-state index contributed by atoms with van der Waals surface area (Å²) in [5.74, 6) is 4.10. The maximum Gasteiger partial charge on any atom is 0.254 e. The smallest absolute Gasteiger partial charge is 0.254 e. The van der Waals surface area contributed by atoms with Crippen molar-refractivity contribution in [3.8, 4) is 11.8 Å². The van der Waals surface area contributed by atoms with E-state index in [9.17, 15) is 9.18 Å². The van der Waals surface area contributed by atoms with Gasteiger partial charge in [0.05, 0.1) is 18.8 Å². The molecule has 0 atom stereocenters. The molecule has 0 radical (unpaired) electrons. The fourth-order valence-corrected chi connectivity index (χ4v) is 1.83. The third-order valence-electron chi connectivity index (χ3n) is 2.82. The van der Waals surface area contributed by atoms with Crippen LogP contribution < -0.4 is 0 Å². The molecule has 4 nitrogen and oxygen atoms in total. The standard InChI is InChI=1S/C14H14FNO3/c15-13-10-12(4-3-11(13)2-1-7-17)14(18)16-5-8-19-9-6-16/h3-4,10,17H,5-9H2. The van der Waals surface area contributed by atoms with Crippen LogP contribution in [0.3, 0.4) is 0 Å². The van der Waals surface area contributed by atoms with Gasteiger partial charge in [0.2, 0.25) is 0 Å². The molecule has 0 aromatic heterocycles. The molecule has 1 fully saturated rings. The molecule has 0 saturated carbocycles. The Hall–Kier alpha value is -1.90. The van der Waals surface area contributed by atoms with E-state index in [1.54, 1.807) is 11.0 Å². The molecule has 0 bridgehead atoms. The fourth-order valence-electron chi connectivity index (χ4n) is 1.83. The predicted molar refractivity (Wildman–Crippen MR) is 67.1 cm³/mol. The molecule has 0 unspecified atom stereocenters. The molecule has 0 spiro atoms. The first-order valence-corrected chi connectivity index (χ1v) is 5.98. The van der Waals surface area contributed by atoms with E-state index in [0.717, 1.165) is 0 Å². The molecular weight excluding hydrogens is 249 g/mol. The highest BCUT2D eigenvalue weighted by atomic mass is 19.1. The first kappa shape index (κ1) is 13.5. The molecule has 2 rings (SSSR count). The van der Waals surface area contributed by atoms with E-state index < -0.39 is 5.82 Å². The Morgan fingerprint density at radius 3 is 2.79 bits per heavy atom. The number of hydrogen-bond acceptors (Lipinski definition) is 3. The summed E-state index contributed by atoms with van der Waals surface area (Å²) in [6.07, 6.45) is 0. The van der Waals surface area contributed by atoms with Crippen molar-refractivity contribution in [3.63, 3.8) is 0 Å². The maximum absolute atomic E-state index is 13.7. The molecule has 100 valence electrons. The summed E-state index contributed by atoms with van der Waals surface area (Å²) >= 11 is 0. The second-order valence-electron chi connectivity index (χ2n) is 4.06. The van der Waals surface area contributed by atoms with Gasteiger partial charge in [0.15, 0.2) is 0 Å². The Kier molecular flexibility index (Phi) is 4.50. The molecule has 1 aromatic rings. The van der Waals surface area contributed by atoms with Gasteiger partial charge in [-0.2, -0.15) is 0 Å². The van der Waals surface area contributed by atoms with E-state index in [2.05, 4.69) is 11.8 Å². The van der Waals surface area contributed by atoms with Crippen LogP contribution in [0.2, 0.25) is 0 Å². The fraction of sp³-hybridized carbons (Fsp3) is 0.357. The minimum Gasteiger partial charge on any atom is -0.384 e. The van der Waals surface area contributed by atoms with Gasteiger partial charge >= 0.3 is 0 Å². The van der Waals surface area contributed by atoms with E-state index >= 15 is 0 Å². The topological polar surface area (TPSA) is 49.8 Å². The summed E-state index contributed by atoms with van der Waals surface area (Å²) < 4.78 is 18.9. The number of nitrogens with zero attached hydrogens (tertiary/aromatic N) is 1. The monoisotopic (exact) mass is 263 g/mol. The number of amides is 1. The van der Waals surface area contributed by atoms with Gasteiger partial charge in [0, 0.05) is 18.7 Å². The molecule has 0 aliphatic carbocycles. The van der Waals surface area contributed by atoms with Crippen LogP contribution in [0.5, 0.6) is 0 Å². The van der Waals surface area contributed by atoms with E-state index in [-0.39, 0.29) is 18.1 Å². The number of carbonyl (C=O) groups excluding carboxylic acids is 1. The van der Waals surface area contributed by atoms with E-state index in [0.29, 0.717) is 31.9 Å². The van der Waals surface area contributed by atoms with Crippen LogP contribution in [-0.4, -0.2) is 48.8 Å². The number of aliphatic hydroxyl groups excluding tert-OH is 1. The normalized spacial score (nSPS) is 14.7. The number of carbonyl (C=O) groups is 1. The summed E-state index contributed by atoms with van der Waals surface area (Å²) in [6.45, 7) is 1.73. The summed E-state index contributed by atoms with van der Waals surface area (Å²) in [5, 5.41) is 8.56. The third-order valence-corrected chi connectivity index (χ3v) is 2.82. The quantitative estimate of drug-likeness (QED) is 0.757. The highest BCUT2D eigenvalue weighted by molar-refractivity contribution is 5.94. The number of aliphatic hydroxyl groups is 1. The second-order valence-corrected chi connectivity index (χ2v) is 4.06. The van der Waals surface area contributed by atoms with E-state index in [4.69, 9.17) is 9.84 Å². The number of halogens is 1. The van der Waals surface area contributed by atoms with Gasteiger partial charge in [-0.3, -0.25) is 4.79 Å². The molecule has 19 heavy (non-hydrogen) atoms. The van der Waals surface area contributed by atoms with E-state index in [1.165, 1.54) is 12.1 Å². The first-order chi connectivity index (χ1) is 9.22. The SMILES string of the molecule is O=C(c1ccc(C#CCO)c(F)c1)N1CCOCC1. The Bertz CT molecular complexity index is 527. The molecule has 1 N–H and O–H groups in total. The second kappa shape index (κ2) is 6.32. The van der Waals surface area contributed by atoms with Crippen LogP contribution in [0.15, 0.2) is 18.2 Å². The molecule has 1 saturated heterocycles. The average Bonchev–Trinajstić information content (AvgIpc) is 2.46. The van der Waals surface area contributed by atoms with Crippen molar-refractivity contribution in [1.29, 1.82) is 0 Å². The van der Waals surface area contributed by atoms with Crippen molar-refractivity contribution < 1.29 is 19.0 Å². The van der Waals surface area contributed by atoms with Crippen molar-refractivity contribution >= 4 is 5.91 Å². The summed E-state index contributed by atoms with van der Waals surface area (Å²) in [6, 6.07) is 4.17. The zero-order chi connectivity index (χ0) is 13.7.